The van der Waals surface area contributed by atoms with Crippen LogP contribution >= 0.6 is 12.9 Å². The van der Waals surface area contributed by atoms with Crippen molar-refractivity contribution in [3.63, 3.8) is 0 Å². The van der Waals surface area contributed by atoms with E-state index in [9.17, 15) is 0 Å². The zero-order valence-corrected chi connectivity index (χ0v) is 7.78. The first-order valence-electron chi connectivity index (χ1n) is 3.46. The summed E-state index contributed by atoms with van der Waals surface area (Å²) in [5.41, 5.74) is 0.256. The van der Waals surface area contributed by atoms with Crippen LogP contribution in [-0.4, -0.2) is 13.4 Å². The lowest BCUT2D eigenvalue weighted by atomic mass is 9.92. The highest BCUT2D eigenvalue weighted by Crippen LogP contribution is 2.19. The topological polar surface area (TPSA) is 18.5 Å². The van der Waals surface area contributed by atoms with Gasteiger partial charge in [0.1, 0.15) is 0 Å². The van der Waals surface area contributed by atoms with Gasteiger partial charge in [-0.3, -0.25) is 4.18 Å². The van der Waals surface area contributed by atoms with Gasteiger partial charge in [-0.05, 0) is 24.7 Å². The van der Waals surface area contributed by atoms with E-state index in [0.717, 1.165) is 13.0 Å². The standard InChI is InChI=1S/C7H16O2S/c1-4-7(2,3)5-8-6-9-10/h10H,4-6H2,1-3H3. The Balaban J connectivity index is 3.28. The van der Waals surface area contributed by atoms with Gasteiger partial charge < -0.3 is 4.74 Å². The minimum atomic E-state index is 0.256. The van der Waals surface area contributed by atoms with Crippen LogP contribution in [0.25, 0.3) is 0 Å². The number of hydrogen-bond acceptors (Lipinski definition) is 3. The molecule has 0 aromatic heterocycles. The molecule has 62 valence electrons. The van der Waals surface area contributed by atoms with E-state index in [-0.39, 0.29) is 12.2 Å². The minimum absolute atomic E-state index is 0.256. The van der Waals surface area contributed by atoms with Crippen molar-refractivity contribution in [2.45, 2.75) is 27.2 Å². The van der Waals surface area contributed by atoms with Crippen LogP contribution in [0.15, 0.2) is 0 Å². The molecule has 0 aliphatic carbocycles. The van der Waals surface area contributed by atoms with Crippen LogP contribution in [0.2, 0.25) is 0 Å². The lowest BCUT2D eigenvalue weighted by Gasteiger charge is -2.21. The Bertz CT molecular complexity index is 83.7. The maximum Gasteiger partial charge on any atom is 0.159 e. The van der Waals surface area contributed by atoms with Crippen LogP contribution in [0, 0.1) is 5.41 Å². The fraction of sp³-hybridized carbons (Fsp3) is 1.00. The van der Waals surface area contributed by atoms with Gasteiger partial charge in [0.05, 0.1) is 6.61 Å². The number of ether oxygens (including phenoxy) is 1. The zero-order valence-electron chi connectivity index (χ0n) is 6.89. The Kier molecular flexibility index (Phi) is 5.13. The van der Waals surface area contributed by atoms with Crippen molar-refractivity contribution >= 4 is 12.9 Å². The monoisotopic (exact) mass is 164 g/mol. The summed E-state index contributed by atoms with van der Waals surface area (Å²) in [6.07, 6.45) is 1.11. The average molecular weight is 164 g/mol. The van der Waals surface area contributed by atoms with Crippen molar-refractivity contribution in [3.8, 4) is 0 Å². The summed E-state index contributed by atoms with van der Waals surface area (Å²) < 4.78 is 9.59. The molecule has 0 atom stereocenters. The fourth-order valence-corrected chi connectivity index (χ4v) is 0.532. The summed E-state index contributed by atoms with van der Waals surface area (Å²) in [5, 5.41) is 0. The second kappa shape index (κ2) is 4.99. The molecule has 0 amide bonds. The highest BCUT2D eigenvalue weighted by atomic mass is 32.1. The summed E-state index contributed by atoms with van der Waals surface area (Å²) in [5.74, 6) is 0. The lowest BCUT2D eigenvalue weighted by molar-refractivity contribution is -0.0126. The van der Waals surface area contributed by atoms with Crippen molar-refractivity contribution in [1.82, 2.24) is 0 Å². The smallest absolute Gasteiger partial charge is 0.159 e. The Morgan fingerprint density at radius 2 is 2.00 bits per heavy atom. The molecule has 0 saturated heterocycles. The van der Waals surface area contributed by atoms with Crippen molar-refractivity contribution in [1.29, 1.82) is 0 Å². The highest BCUT2D eigenvalue weighted by molar-refractivity contribution is 7.75. The number of thiol groups is 1. The molecule has 2 nitrogen and oxygen atoms in total. The van der Waals surface area contributed by atoms with E-state index < -0.39 is 0 Å². The normalized spacial score (nSPS) is 12.0. The molecule has 3 heteroatoms. The SMILES string of the molecule is CCC(C)(C)COCOS. The Morgan fingerprint density at radius 3 is 2.40 bits per heavy atom. The van der Waals surface area contributed by atoms with E-state index in [2.05, 4.69) is 37.9 Å². The van der Waals surface area contributed by atoms with Gasteiger partial charge in [-0.1, -0.05) is 20.8 Å². The van der Waals surface area contributed by atoms with Crippen molar-refractivity contribution in [2.24, 2.45) is 5.41 Å². The molecule has 0 rings (SSSR count). The first-order chi connectivity index (χ1) is 4.62. The molecular weight excluding hydrogens is 148 g/mol. The van der Waals surface area contributed by atoms with Gasteiger partial charge in [-0.2, -0.15) is 0 Å². The van der Waals surface area contributed by atoms with Gasteiger partial charge in [0.15, 0.2) is 6.79 Å². The predicted molar refractivity (Wildman–Crippen MR) is 45.0 cm³/mol. The van der Waals surface area contributed by atoms with Gasteiger partial charge in [-0.15, -0.1) is 0 Å². The highest BCUT2D eigenvalue weighted by Gasteiger charge is 2.14. The molecule has 0 unspecified atom stereocenters. The second-order valence-electron chi connectivity index (χ2n) is 3.11. The molecule has 0 fully saturated rings. The van der Waals surface area contributed by atoms with Crippen LogP contribution in [0.4, 0.5) is 0 Å². The maximum atomic E-state index is 5.14. The van der Waals surface area contributed by atoms with Crippen molar-refractivity contribution in [3.05, 3.63) is 0 Å². The Labute approximate surface area is 68.5 Å². The van der Waals surface area contributed by atoms with Crippen molar-refractivity contribution < 1.29 is 8.92 Å². The minimum Gasteiger partial charge on any atom is -0.354 e. The molecule has 0 aliphatic rings. The third-order valence-electron chi connectivity index (χ3n) is 1.59. The first-order valence-corrected chi connectivity index (χ1v) is 3.83. The Morgan fingerprint density at radius 1 is 1.40 bits per heavy atom. The van der Waals surface area contributed by atoms with E-state index >= 15 is 0 Å². The molecule has 0 aromatic rings. The summed E-state index contributed by atoms with van der Waals surface area (Å²) in [6.45, 7) is 7.46. The van der Waals surface area contributed by atoms with E-state index in [4.69, 9.17) is 4.74 Å². The molecule has 0 saturated carbocycles. The summed E-state index contributed by atoms with van der Waals surface area (Å²) in [6, 6.07) is 0. The molecule has 0 N–H and O–H groups in total. The molecule has 0 radical (unpaired) electrons. The average Bonchev–Trinajstić information content (AvgIpc) is 1.89. The summed E-state index contributed by atoms with van der Waals surface area (Å²) in [4.78, 5) is 0. The van der Waals surface area contributed by atoms with Gasteiger partial charge in [-0.25, -0.2) is 0 Å². The van der Waals surface area contributed by atoms with Crippen LogP contribution < -0.4 is 0 Å². The van der Waals surface area contributed by atoms with Crippen LogP contribution in [0.1, 0.15) is 27.2 Å². The molecule has 0 aliphatic heterocycles. The van der Waals surface area contributed by atoms with Gasteiger partial charge in [0.25, 0.3) is 0 Å². The zero-order chi connectivity index (χ0) is 8.04. The number of hydrogen-bond donors (Lipinski definition) is 1. The quantitative estimate of drug-likeness (QED) is 0.291. The van der Waals surface area contributed by atoms with E-state index in [1.54, 1.807) is 0 Å². The lowest BCUT2D eigenvalue weighted by Crippen LogP contribution is -2.18. The van der Waals surface area contributed by atoms with Crippen molar-refractivity contribution in [2.75, 3.05) is 13.4 Å². The maximum absolute atomic E-state index is 5.14. The van der Waals surface area contributed by atoms with E-state index in [0.29, 0.717) is 0 Å². The number of rotatable bonds is 5. The third-order valence-corrected chi connectivity index (χ3v) is 1.69. The summed E-state index contributed by atoms with van der Waals surface area (Å²) in [7, 11) is 0. The van der Waals surface area contributed by atoms with Crippen LogP contribution in [0.5, 0.6) is 0 Å². The molecule has 0 heterocycles. The Hall–Kier alpha value is 0.270. The summed E-state index contributed by atoms with van der Waals surface area (Å²) >= 11 is 3.55. The third kappa shape index (κ3) is 5.09. The molecular formula is C7H16O2S. The second-order valence-corrected chi connectivity index (χ2v) is 3.37. The fourth-order valence-electron chi connectivity index (χ4n) is 0.457. The largest absolute Gasteiger partial charge is 0.354 e. The van der Waals surface area contributed by atoms with E-state index in [1.165, 1.54) is 0 Å². The van der Waals surface area contributed by atoms with Gasteiger partial charge in [0, 0.05) is 0 Å². The van der Waals surface area contributed by atoms with Gasteiger partial charge in [0.2, 0.25) is 0 Å². The molecule has 10 heavy (non-hydrogen) atoms. The predicted octanol–water partition coefficient (Wildman–Crippen LogP) is 2.26. The first kappa shape index (κ1) is 10.3. The van der Waals surface area contributed by atoms with Crippen LogP contribution in [0.3, 0.4) is 0 Å². The van der Waals surface area contributed by atoms with Gasteiger partial charge >= 0.3 is 0 Å². The molecule has 0 bridgehead atoms. The van der Waals surface area contributed by atoms with E-state index in [1.807, 2.05) is 0 Å². The molecule has 0 spiro atoms. The van der Waals surface area contributed by atoms with Crippen LogP contribution in [-0.2, 0) is 8.92 Å². The molecule has 0 aromatic carbocycles.